The van der Waals surface area contributed by atoms with Crippen LogP contribution >= 0.6 is 0 Å². The van der Waals surface area contributed by atoms with Crippen molar-refractivity contribution in [1.29, 1.82) is 0 Å². The van der Waals surface area contributed by atoms with Gasteiger partial charge in [0.2, 0.25) is 0 Å². The summed E-state index contributed by atoms with van der Waals surface area (Å²) in [7, 11) is 0. The maximum Gasteiger partial charge on any atom is 0.115 e. The van der Waals surface area contributed by atoms with Crippen LogP contribution in [0.15, 0.2) is 54.7 Å². The van der Waals surface area contributed by atoms with E-state index in [0.717, 1.165) is 16.9 Å². The Hall–Kier alpha value is -2.22. The summed E-state index contributed by atoms with van der Waals surface area (Å²) < 4.78 is 2.03. The summed E-state index contributed by atoms with van der Waals surface area (Å²) in [6.07, 6.45) is 2.08. The van der Waals surface area contributed by atoms with E-state index in [-0.39, 0.29) is 0 Å². The maximum absolute atomic E-state index is 6.17. The minimum Gasteiger partial charge on any atom is -0.384 e. The zero-order chi connectivity index (χ0) is 11.8. The molecule has 3 rings (SSSR count). The van der Waals surface area contributed by atoms with Crippen molar-refractivity contribution in [3.8, 4) is 5.69 Å². The fraction of sp³-hybridized carbons (Fsp3) is 0.0667. The van der Waals surface area contributed by atoms with Gasteiger partial charge >= 0.3 is 0 Å². The second kappa shape index (κ2) is 3.67. The van der Waals surface area contributed by atoms with E-state index in [1.54, 1.807) is 0 Å². The molecule has 0 aliphatic carbocycles. The fourth-order valence-electron chi connectivity index (χ4n) is 2.10. The number of aromatic nitrogens is 1. The summed E-state index contributed by atoms with van der Waals surface area (Å²) in [5.41, 5.74) is 8.53. The molecule has 0 atom stereocenters. The molecule has 0 saturated heterocycles. The van der Waals surface area contributed by atoms with E-state index < -0.39 is 0 Å². The highest BCUT2D eigenvalue weighted by atomic mass is 15.0. The second-order valence-electron chi connectivity index (χ2n) is 4.31. The molecule has 1 aromatic heterocycles. The van der Waals surface area contributed by atoms with Crippen molar-refractivity contribution in [2.24, 2.45) is 0 Å². The zero-order valence-electron chi connectivity index (χ0n) is 9.72. The van der Waals surface area contributed by atoms with Crippen LogP contribution in [0.3, 0.4) is 0 Å². The van der Waals surface area contributed by atoms with Gasteiger partial charge in [0.15, 0.2) is 0 Å². The van der Waals surface area contributed by atoms with Crippen molar-refractivity contribution in [3.05, 3.63) is 60.3 Å². The first kappa shape index (κ1) is 9.97. The van der Waals surface area contributed by atoms with Crippen LogP contribution in [0.1, 0.15) is 5.56 Å². The van der Waals surface area contributed by atoms with E-state index in [1.165, 1.54) is 10.9 Å². The van der Waals surface area contributed by atoms with E-state index in [9.17, 15) is 0 Å². The molecule has 0 radical (unpaired) electrons. The SMILES string of the molecule is Cc1ccc(-n2cc3ccccc3c2N)cc1. The Kier molecular flexibility index (Phi) is 2.15. The minimum atomic E-state index is 0.796. The molecule has 0 unspecified atom stereocenters. The number of rotatable bonds is 1. The van der Waals surface area contributed by atoms with Crippen LogP contribution in [-0.4, -0.2) is 4.57 Å². The van der Waals surface area contributed by atoms with Crippen LogP contribution in [0.2, 0.25) is 0 Å². The lowest BCUT2D eigenvalue weighted by atomic mass is 10.2. The van der Waals surface area contributed by atoms with Gasteiger partial charge in [0.05, 0.1) is 0 Å². The molecule has 2 aromatic carbocycles. The van der Waals surface area contributed by atoms with Crippen LogP contribution in [0.4, 0.5) is 5.82 Å². The van der Waals surface area contributed by atoms with Gasteiger partial charge in [0, 0.05) is 22.7 Å². The van der Waals surface area contributed by atoms with Crippen molar-refractivity contribution in [1.82, 2.24) is 4.57 Å². The van der Waals surface area contributed by atoms with Crippen molar-refractivity contribution in [3.63, 3.8) is 0 Å². The van der Waals surface area contributed by atoms with Gasteiger partial charge in [0.25, 0.3) is 0 Å². The Bertz CT molecular complexity index is 663. The largest absolute Gasteiger partial charge is 0.384 e. The Morgan fingerprint density at radius 3 is 2.35 bits per heavy atom. The summed E-state index contributed by atoms with van der Waals surface area (Å²) >= 11 is 0. The number of fused-ring (bicyclic) bond motifs is 1. The molecular formula is C15H14N2. The van der Waals surface area contributed by atoms with Gasteiger partial charge in [-0.2, -0.15) is 0 Å². The van der Waals surface area contributed by atoms with Crippen LogP contribution in [0.5, 0.6) is 0 Å². The molecule has 2 heteroatoms. The summed E-state index contributed by atoms with van der Waals surface area (Å²) in [4.78, 5) is 0. The Morgan fingerprint density at radius 1 is 0.941 bits per heavy atom. The third-order valence-electron chi connectivity index (χ3n) is 3.08. The van der Waals surface area contributed by atoms with Crippen molar-refractivity contribution < 1.29 is 0 Å². The highest BCUT2D eigenvalue weighted by Gasteiger charge is 2.06. The smallest absolute Gasteiger partial charge is 0.115 e. The Morgan fingerprint density at radius 2 is 1.65 bits per heavy atom. The summed E-state index contributed by atoms with van der Waals surface area (Å²) in [5, 5.41) is 2.28. The second-order valence-corrected chi connectivity index (χ2v) is 4.31. The van der Waals surface area contributed by atoms with Crippen molar-refractivity contribution >= 4 is 16.6 Å². The van der Waals surface area contributed by atoms with Gasteiger partial charge in [-0.3, -0.25) is 0 Å². The van der Waals surface area contributed by atoms with Gasteiger partial charge in [-0.25, -0.2) is 0 Å². The number of nitrogens with zero attached hydrogens (tertiary/aromatic N) is 1. The van der Waals surface area contributed by atoms with Gasteiger partial charge in [-0.05, 0) is 19.1 Å². The van der Waals surface area contributed by atoms with Crippen molar-refractivity contribution in [2.45, 2.75) is 6.92 Å². The summed E-state index contributed by atoms with van der Waals surface area (Å²) in [5.74, 6) is 0.796. The third kappa shape index (κ3) is 1.58. The van der Waals surface area contributed by atoms with Gasteiger partial charge in [0.1, 0.15) is 5.82 Å². The molecule has 0 spiro atoms. The molecule has 2 N–H and O–H groups in total. The molecule has 0 amide bonds. The lowest BCUT2D eigenvalue weighted by molar-refractivity contribution is 1.10. The minimum absolute atomic E-state index is 0.796. The molecule has 0 fully saturated rings. The molecule has 17 heavy (non-hydrogen) atoms. The van der Waals surface area contributed by atoms with E-state index in [1.807, 2.05) is 16.7 Å². The molecule has 0 aliphatic heterocycles. The van der Waals surface area contributed by atoms with E-state index >= 15 is 0 Å². The highest BCUT2D eigenvalue weighted by Crippen LogP contribution is 2.26. The zero-order valence-corrected chi connectivity index (χ0v) is 9.72. The van der Waals surface area contributed by atoms with Crippen LogP contribution in [0.25, 0.3) is 16.5 Å². The van der Waals surface area contributed by atoms with Crippen LogP contribution in [-0.2, 0) is 0 Å². The van der Waals surface area contributed by atoms with Gasteiger partial charge in [-0.1, -0.05) is 42.0 Å². The average Bonchev–Trinajstić information content (AvgIpc) is 2.69. The predicted octanol–water partition coefficient (Wildman–Crippen LogP) is 3.52. The summed E-state index contributed by atoms with van der Waals surface area (Å²) in [6.45, 7) is 2.08. The first-order valence-corrected chi connectivity index (χ1v) is 5.68. The first-order chi connectivity index (χ1) is 8.25. The molecular weight excluding hydrogens is 208 g/mol. The number of nitrogens with two attached hydrogens (primary N) is 1. The fourth-order valence-corrected chi connectivity index (χ4v) is 2.10. The predicted molar refractivity (Wildman–Crippen MR) is 72.4 cm³/mol. The molecule has 2 nitrogen and oxygen atoms in total. The van der Waals surface area contributed by atoms with E-state index in [0.29, 0.717) is 0 Å². The number of nitrogen functional groups attached to an aromatic ring is 1. The molecule has 0 bridgehead atoms. The summed E-state index contributed by atoms with van der Waals surface area (Å²) in [6, 6.07) is 16.5. The van der Waals surface area contributed by atoms with Gasteiger partial charge in [-0.15, -0.1) is 0 Å². The molecule has 3 aromatic rings. The lowest BCUT2D eigenvalue weighted by Crippen LogP contribution is -1.98. The highest BCUT2D eigenvalue weighted by molar-refractivity contribution is 5.93. The lowest BCUT2D eigenvalue weighted by Gasteiger charge is -2.05. The standard InChI is InChI=1S/C15H14N2/c1-11-6-8-13(9-7-11)17-10-12-4-2-3-5-14(12)15(17)16/h2-10H,16H2,1H3. The number of hydrogen-bond acceptors (Lipinski definition) is 1. The number of benzene rings is 2. The maximum atomic E-state index is 6.17. The monoisotopic (exact) mass is 222 g/mol. The van der Waals surface area contributed by atoms with Crippen LogP contribution in [0, 0.1) is 6.92 Å². The average molecular weight is 222 g/mol. The number of anilines is 1. The van der Waals surface area contributed by atoms with Crippen molar-refractivity contribution in [2.75, 3.05) is 5.73 Å². The Balaban J connectivity index is 2.24. The topological polar surface area (TPSA) is 30.9 Å². The van der Waals surface area contributed by atoms with Crippen LogP contribution < -0.4 is 5.73 Å². The molecule has 0 saturated carbocycles. The third-order valence-corrected chi connectivity index (χ3v) is 3.08. The molecule has 1 heterocycles. The Labute approximate surface area is 100 Å². The van der Waals surface area contributed by atoms with E-state index in [2.05, 4.69) is 49.5 Å². The normalized spacial score (nSPS) is 10.9. The van der Waals surface area contributed by atoms with Gasteiger partial charge < -0.3 is 10.3 Å². The van der Waals surface area contributed by atoms with E-state index in [4.69, 9.17) is 5.73 Å². The first-order valence-electron chi connectivity index (χ1n) is 5.68. The molecule has 0 aliphatic rings. The quantitative estimate of drug-likeness (QED) is 0.671. The number of hydrogen-bond donors (Lipinski definition) is 1. The number of aryl methyl sites for hydroxylation is 1. The molecule has 84 valence electrons.